The van der Waals surface area contributed by atoms with Crippen LogP contribution in [0.25, 0.3) is 0 Å². The van der Waals surface area contributed by atoms with Gasteiger partial charge in [-0.05, 0) is 28.1 Å². The normalized spacial score (nSPS) is 10.2. The molecule has 19 heavy (non-hydrogen) atoms. The van der Waals surface area contributed by atoms with Crippen molar-refractivity contribution < 1.29 is 14.1 Å². The Kier molecular flexibility index (Phi) is 3.86. The summed E-state index contributed by atoms with van der Waals surface area (Å²) in [6, 6.07) is 2.94. The van der Waals surface area contributed by atoms with Crippen molar-refractivity contribution in [2.24, 2.45) is 0 Å². The number of aromatic nitrogens is 1. The highest BCUT2D eigenvalue weighted by atomic mass is 79.9. The number of carbonyl (C=O) groups excluding carboxylic acids is 1. The number of nitro benzene ring substituents is 1. The van der Waals surface area contributed by atoms with Gasteiger partial charge in [0, 0.05) is 11.6 Å². The predicted octanol–water partition coefficient (Wildman–Crippen LogP) is 3.21. The first-order chi connectivity index (χ1) is 8.97. The van der Waals surface area contributed by atoms with Crippen LogP contribution in [0.4, 0.5) is 15.2 Å². The first kappa shape index (κ1) is 13.6. The zero-order valence-electron chi connectivity index (χ0n) is 9.09. The van der Waals surface area contributed by atoms with Crippen molar-refractivity contribution >= 4 is 44.0 Å². The highest BCUT2D eigenvalue weighted by molar-refractivity contribution is 9.11. The van der Waals surface area contributed by atoms with E-state index in [1.165, 1.54) is 23.6 Å². The van der Waals surface area contributed by atoms with Gasteiger partial charge in [0.15, 0.2) is 5.13 Å². The van der Waals surface area contributed by atoms with Gasteiger partial charge in [0.2, 0.25) is 5.82 Å². The summed E-state index contributed by atoms with van der Waals surface area (Å²) in [5, 5.41) is 13.2. The van der Waals surface area contributed by atoms with Gasteiger partial charge in [-0.3, -0.25) is 20.2 Å². The van der Waals surface area contributed by atoms with Crippen LogP contribution in [0.2, 0.25) is 0 Å². The monoisotopic (exact) mass is 345 g/mol. The Morgan fingerprint density at radius 2 is 2.26 bits per heavy atom. The molecule has 1 N–H and O–H groups in total. The van der Waals surface area contributed by atoms with Gasteiger partial charge >= 0.3 is 5.69 Å². The molecule has 0 radical (unpaired) electrons. The highest BCUT2D eigenvalue weighted by Gasteiger charge is 2.17. The molecule has 0 aliphatic heterocycles. The SMILES string of the molecule is O=C(Nc1ncc(Br)s1)c1ccc([N+](=O)[O-])c(F)c1. The zero-order valence-corrected chi connectivity index (χ0v) is 11.5. The van der Waals surface area contributed by atoms with Gasteiger partial charge in [-0.15, -0.1) is 0 Å². The Labute approximate surface area is 118 Å². The molecule has 1 heterocycles. The molecular formula is C10H5BrFN3O3S. The largest absolute Gasteiger partial charge is 0.304 e. The molecule has 0 unspecified atom stereocenters. The first-order valence-electron chi connectivity index (χ1n) is 4.84. The lowest BCUT2D eigenvalue weighted by Crippen LogP contribution is -2.12. The Balaban J connectivity index is 2.20. The number of nitrogens with one attached hydrogen (secondary N) is 1. The Morgan fingerprint density at radius 1 is 1.53 bits per heavy atom. The molecule has 98 valence electrons. The molecule has 2 aromatic rings. The van der Waals surface area contributed by atoms with Gasteiger partial charge in [-0.2, -0.15) is 4.39 Å². The van der Waals surface area contributed by atoms with E-state index in [0.29, 0.717) is 5.13 Å². The second-order valence-electron chi connectivity index (χ2n) is 3.35. The van der Waals surface area contributed by atoms with Crippen molar-refractivity contribution in [2.45, 2.75) is 0 Å². The fraction of sp³-hybridized carbons (Fsp3) is 0. The van der Waals surface area contributed by atoms with E-state index >= 15 is 0 Å². The summed E-state index contributed by atoms with van der Waals surface area (Å²) in [5.41, 5.74) is -0.692. The number of amides is 1. The zero-order chi connectivity index (χ0) is 14.0. The average Bonchev–Trinajstić information content (AvgIpc) is 2.74. The van der Waals surface area contributed by atoms with Crippen molar-refractivity contribution in [2.75, 3.05) is 5.32 Å². The number of nitro groups is 1. The number of anilines is 1. The Hall–Kier alpha value is -1.87. The molecule has 0 spiro atoms. The maximum atomic E-state index is 13.4. The summed E-state index contributed by atoms with van der Waals surface area (Å²) >= 11 is 4.38. The topological polar surface area (TPSA) is 85.1 Å². The van der Waals surface area contributed by atoms with Gasteiger partial charge in [-0.1, -0.05) is 11.3 Å². The highest BCUT2D eigenvalue weighted by Crippen LogP contribution is 2.24. The van der Waals surface area contributed by atoms with E-state index in [1.807, 2.05) is 0 Å². The molecule has 6 nitrogen and oxygen atoms in total. The smallest absolute Gasteiger partial charge is 0.298 e. The van der Waals surface area contributed by atoms with Crippen LogP contribution in [-0.2, 0) is 0 Å². The molecule has 2 rings (SSSR count). The van der Waals surface area contributed by atoms with Crippen LogP contribution >= 0.6 is 27.3 Å². The number of thiazole rings is 1. The minimum Gasteiger partial charge on any atom is -0.298 e. The summed E-state index contributed by atoms with van der Waals surface area (Å²) in [7, 11) is 0. The third-order valence-electron chi connectivity index (χ3n) is 2.10. The van der Waals surface area contributed by atoms with E-state index in [-0.39, 0.29) is 5.56 Å². The second kappa shape index (κ2) is 5.41. The fourth-order valence-electron chi connectivity index (χ4n) is 1.28. The van der Waals surface area contributed by atoms with Crippen molar-refractivity contribution in [3.8, 4) is 0 Å². The number of hydrogen-bond acceptors (Lipinski definition) is 5. The number of carbonyl (C=O) groups is 1. The third kappa shape index (κ3) is 3.12. The van der Waals surface area contributed by atoms with E-state index in [4.69, 9.17) is 0 Å². The molecule has 0 aliphatic carbocycles. The molecule has 0 saturated carbocycles. The van der Waals surface area contributed by atoms with Crippen LogP contribution in [0, 0.1) is 15.9 Å². The molecule has 1 amide bonds. The summed E-state index contributed by atoms with van der Waals surface area (Å²) in [6.45, 7) is 0. The minimum absolute atomic E-state index is 0.0191. The maximum Gasteiger partial charge on any atom is 0.304 e. The first-order valence-corrected chi connectivity index (χ1v) is 6.45. The van der Waals surface area contributed by atoms with Crippen LogP contribution < -0.4 is 5.32 Å². The lowest BCUT2D eigenvalue weighted by Gasteiger charge is -2.01. The van der Waals surface area contributed by atoms with E-state index in [0.717, 1.165) is 15.9 Å². The van der Waals surface area contributed by atoms with E-state index < -0.39 is 22.3 Å². The summed E-state index contributed by atoms with van der Waals surface area (Å²) < 4.78 is 14.1. The quantitative estimate of drug-likeness (QED) is 0.683. The van der Waals surface area contributed by atoms with Crippen molar-refractivity contribution in [1.29, 1.82) is 0 Å². The van der Waals surface area contributed by atoms with Crippen molar-refractivity contribution in [3.05, 3.63) is 49.7 Å². The summed E-state index contributed by atoms with van der Waals surface area (Å²) in [4.78, 5) is 25.2. The summed E-state index contributed by atoms with van der Waals surface area (Å²) in [5.74, 6) is -1.64. The summed E-state index contributed by atoms with van der Waals surface area (Å²) in [6.07, 6.45) is 1.51. The number of hydrogen-bond donors (Lipinski definition) is 1. The van der Waals surface area contributed by atoms with Crippen LogP contribution in [0.5, 0.6) is 0 Å². The van der Waals surface area contributed by atoms with Gasteiger partial charge in [0.25, 0.3) is 5.91 Å². The van der Waals surface area contributed by atoms with Gasteiger partial charge < -0.3 is 0 Å². The number of rotatable bonds is 3. The molecule has 0 fully saturated rings. The standard InChI is InChI=1S/C10H5BrFN3O3S/c11-8-4-13-10(19-8)14-9(16)5-1-2-7(15(17)18)6(12)3-5/h1-4H,(H,13,14,16). The lowest BCUT2D eigenvalue weighted by molar-refractivity contribution is -0.387. The van der Waals surface area contributed by atoms with Crippen LogP contribution in [-0.4, -0.2) is 15.8 Å². The average molecular weight is 346 g/mol. The number of benzene rings is 1. The van der Waals surface area contributed by atoms with Crippen LogP contribution in [0.15, 0.2) is 28.2 Å². The minimum atomic E-state index is -1.06. The molecule has 0 saturated heterocycles. The lowest BCUT2D eigenvalue weighted by atomic mass is 10.2. The second-order valence-corrected chi connectivity index (χ2v) is 5.76. The maximum absolute atomic E-state index is 13.4. The molecule has 0 aliphatic rings. The Bertz CT molecular complexity index is 661. The molecule has 0 bridgehead atoms. The van der Waals surface area contributed by atoms with E-state index in [2.05, 4.69) is 26.2 Å². The van der Waals surface area contributed by atoms with Gasteiger partial charge in [0.1, 0.15) is 0 Å². The number of nitrogens with zero attached hydrogens (tertiary/aromatic N) is 2. The molecule has 1 aromatic carbocycles. The fourth-order valence-corrected chi connectivity index (χ4v) is 2.38. The van der Waals surface area contributed by atoms with Crippen molar-refractivity contribution in [1.82, 2.24) is 4.98 Å². The Morgan fingerprint density at radius 3 is 2.79 bits per heavy atom. The number of halogens is 2. The third-order valence-corrected chi connectivity index (χ3v) is 3.50. The molecule has 1 aromatic heterocycles. The molecule has 0 atom stereocenters. The van der Waals surface area contributed by atoms with Crippen LogP contribution in [0.3, 0.4) is 0 Å². The molecular weight excluding hydrogens is 341 g/mol. The molecule has 9 heteroatoms. The van der Waals surface area contributed by atoms with Crippen molar-refractivity contribution in [3.63, 3.8) is 0 Å². The van der Waals surface area contributed by atoms with Gasteiger partial charge in [-0.25, -0.2) is 4.98 Å². The van der Waals surface area contributed by atoms with E-state index in [1.54, 1.807) is 0 Å². The van der Waals surface area contributed by atoms with Crippen LogP contribution in [0.1, 0.15) is 10.4 Å². The van der Waals surface area contributed by atoms with Gasteiger partial charge in [0.05, 0.1) is 14.9 Å². The predicted molar refractivity (Wildman–Crippen MR) is 70.8 cm³/mol. The van der Waals surface area contributed by atoms with E-state index in [9.17, 15) is 19.3 Å².